The molecule has 1 saturated carbocycles. The Morgan fingerprint density at radius 3 is 1.66 bits per heavy atom. The van der Waals surface area contributed by atoms with Crippen molar-refractivity contribution in [2.75, 3.05) is 5.32 Å². The Morgan fingerprint density at radius 1 is 0.621 bits per heavy atom. The van der Waals surface area contributed by atoms with Gasteiger partial charge in [-0.2, -0.15) is 0 Å². The fraction of sp³-hybridized carbons (Fsp3) is 0.357. The van der Waals surface area contributed by atoms with Crippen LogP contribution in [0.4, 0.5) is 5.69 Å². The lowest BCUT2D eigenvalue weighted by molar-refractivity contribution is 0.169. The van der Waals surface area contributed by atoms with E-state index in [9.17, 15) is 0 Å². The first-order valence-electron chi connectivity index (χ1n) is 10.9. The lowest BCUT2D eigenvalue weighted by atomic mass is 9.61. The fourth-order valence-electron chi connectivity index (χ4n) is 4.84. The molecule has 4 rings (SSSR count). The molecule has 1 aliphatic rings. The predicted molar refractivity (Wildman–Crippen MR) is 125 cm³/mol. The maximum Gasteiger partial charge on any atom is 0.0342 e. The van der Waals surface area contributed by atoms with Crippen molar-refractivity contribution < 1.29 is 0 Å². The largest absolute Gasteiger partial charge is 0.382 e. The summed E-state index contributed by atoms with van der Waals surface area (Å²) in [6.45, 7) is 9.39. The van der Waals surface area contributed by atoms with Gasteiger partial charge >= 0.3 is 0 Å². The summed E-state index contributed by atoms with van der Waals surface area (Å²) in [5.41, 5.74) is 5.57. The quantitative estimate of drug-likeness (QED) is 0.475. The third-order valence-corrected chi connectivity index (χ3v) is 7.17. The monoisotopic (exact) mass is 383 g/mol. The van der Waals surface area contributed by atoms with E-state index in [2.05, 4.69) is 118 Å². The van der Waals surface area contributed by atoms with Crippen molar-refractivity contribution in [1.29, 1.82) is 0 Å². The van der Waals surface area contributed by atoms with E-state index < -0.39 is 0 Å². The summed E-state index contributed by atoms with van der Waals surface area (Å²) in [4.78, 5) is 0. The summed E-state index contributed by atoms with van der Waals surface area (Å²) in [5, 5.41) is 3.82. The maximum atomic E-state index is 3.82. The van der Waals surface area contributed by atoms with Crippen LogP contribution in [0.15, 0.2) is 84.9 Å². The van der Waals surface area contributed by atoms with E-state index in [4.69, 9.17) is 0 Å². The molecule has 1 nitrogen and oxygen atoms in total. The van der Waals surface area contributed by atoms with Gasteiger partial charge in [0, 0.05) is 17.1 Å². The Kier molecular flexibility index (Phi) is 5.25. The molecule has 2 atom stereocenters. The second-order valence-corrected chi connectivity index (χ2v) is 9.59. The smallest absolute Gasteiger partial charge is 0.0342 e. The van der Waals surface area contributed by atoms with E-state index >= 15 is 0 Å². The molecule has 150 valence electrons. The molecule has 0 saturated heterocycles. The van der Waals surface area contributed by atoms with Crippen LogP contribution < -0.4 is 5.32 Å². The highest BCUT2D eigenvalue weighted by Gasteiger charge is 2.42. The Morgan fingerprint density at radius 2 is 1.14 bits per heavy atom. The van der Waals surface area contributed by atoms with Gasteiger partial charge in [0.25, 0.3) is 0 Å². The van der Waals surface area contributed by atoms with Crippen molar-refractivity contribution >= 4 is 5.69 Å². The normalized spacial score (nSPS) is 19.4. The summed E-state index contributed by atoms with van der Waals surface area (Å²) < 4.78 is 0. The minimum absolute atomic E-state index is 0.00803. The zero-order chi connectivity index (χ0) is 20.5. The number of hydrogen-bond acceptors (Lipinski definition) is 1. The van der Waals surface area contributed by atoms with E-state index in [0.717, 1.165) is 0 Å². The molecule has 29 heavy (non-hydrogen) atoms. The van der Waals surface area contributed by atoms with Gasteiger partial charge in [-0.15, -0.1) is 0 Å². The minimum Gasteiger partial charge on any atom is -0.382 e. The summed E-state index contributed by atoms with van der Waals surface area (Å²) >= 11 is 0. The van der Waals surface area contributed by atoms with Gasteiger partial charge < -0.3 is 5.32 Å². The van der Waals surface area contributed by atoms with E-state index in [1.54, 1.807) is 0 Å². The Bertz CT molecular complexity index is 923. The highest BCUT2D eigenvalue weighted by Crippen LogP contribution is 2.45. The Balaban J connectivity index is 1.47. The third kappa shape index (κ3) is 3.83. The summed E-state index contributed by atoms with van der Waals surface area (Å²) in [7, 11) is 0. The van der Waals surface area contributed by atoms with Crippen LogP contribution >= 0.6 is 0 Å². The number of hydrogen-bond donors (Lipinski definition) is 1. The van der Waals surface area contributed by atoms with Crippen LogP contribution in [0.5, 0.6) is 0 Å². The molecule has 1 unspecified atom stereocenters. The Hall–Kier alpha value is -2.54. The molecule has 0 heterocycles. The predicted octanol–water partition coefficient (Wildman–Crippen LogP) is 7.18. The molecule has 0 aliphatic heterocycles. The molecular weight excluding hydrogens is 350 g/mol. The van der Waals surface area contributed by atoms with Crippen LogP contribution in [-0.4, -0.2) is 6.04 Å². The second kappa shape index (κ2) is 7.71. The first-order chi connectivity index (χ1) is 13.9. The standard InChI is InChI=1S/C28H33N/c1-27(2,21-11-7-5-8-12-21)23-15-17-24(18-16-23)29-26-20-19-25(26)28(3,4)22-13-9-6-10-14-22/h5-18,25-26,29H,19-20H2,1-4H3/t25-,26?/m1/s1. The van der Waals surface area contributed by atoms with E-state index in [0.29, 0.717) is 12.0 Å². The van der Waals surface area contributed by atoms with Gasteiger partial charge in [-0.1, -0.05) is 100 Å². The molecule has 0 bridgehead atoms. The van der Waals surface area contributed by atoms with Crippen molar-refractivity contribution in [3.8, 4) is 0 Å². The SMILES string of the molecule is CC(C)(c1ccccc1)c1ccc(NC2CC[C@H]2C(C)(C)c2ccccc2)cc1. The molecule has 0 amide bonds. The molecule has 0 aromatic heterocycles. The summed E-state index contributed by atoms with van der Waals surface area (Å²) in [6, 6.07) is 31.4. The molecule has 1 heteroatoms. The molecule has 3 aromatic carbocycles. The van der Waals surface area contributed by atoms with Gasteiger partial charge in [0.05, 0.1) is 0 Å². The number of benzene rings is 3. The van der Waals surface area contributed by atoms with E-state index in [1.807, 2.05) is 0 Å². The lowest BCUT2D eigenvalue weighted by Gasteiger charge is -2.48. The third-order valence-electron chi connectivity index (χ3n) is 7.17. The van der Waals surface area contributed by atoms with Gasteiger partial charge in [0.15, 0.2) is 0 Å². The van der Waals surface area contributed by atoms with Crippen LogP contribution in [-0.2, 0) is 10.8 Å². The average molecular weight is 384 g/mol. The van der Waals surface area contributed by atoms with Crippen molar-refractivity contribution in [2.24, 2.45) is 5.92 Å². The summed E-state index contributed by atoms with van der Waals surface area (Å²) in [6.07, 6.45) is 2.54. The average Bonchev–Trinajstić information content (AvgIpc) is 2.72. The highest BCUT2D eigenvalue weighted by molar-refractivity contribution is 5.49. The summed E-state index contributed by atoms with van der Waals surface area (Å²) in [5.74, 6) is 0.658. The van der Waals surface area contributed by atoms with Crippen molar-refractivity contribution in [3.05, 3.63) is 102 Å². The minimum atomic E-state index is 0.00803. The fourth-order valence-corrected chi connectivity index (χ4v) is 4.84. The number of nitrogens with one attached hydrogen (secondary N) is 1. The second-order valence-electron chi connectivity index (χ2n) is 9.59. The van der Waals surface area contributed by atoms with Crippen LogP contribution in [0.1, 0.15) is 57.2 Å². The van der Waals surface area contributed by atoms with Crippen LogP contribution in [0.25, 0.3) is 0 Å². The van der Waals surface area contributed by atoms with Crippen LogP contribution in [0, 0.1) is 5.92 Å². The Labute approximate surface area is 176 Å². The maximum absolute atomic E-state index is 3.82. The van der Waals surface area contributed by atoms with Crippen molar-refractivity contribution in [1.82, 2.24) is 0 Å². The highest BCUT2D eigenvalue weighted by atomic mass is 14.9. The van der Waals surface area contributed by atoms with Gasteiger partial charge in [-0.3, -0.25) is 0 Å². The molecule has 0 radical (unpaired) electrons. The zero-order valence-corrected chi connectivity index (χ0v) is 18.2. The van der Waals surface area contributed by atoms with Crippen LogP contribution in [0.2, 0.25) is 0 Å². The first-order valence-corrected chi connectivity index (χ1v) is 10.9. The number of rotatable bonds is 6. The zero-order valence-electron chi connectivity index (χ0n) is 18.2. The lowest BCUT2D eigenvalue weighted by Crippen LogP contribution is -2.48. The van der Waals surface area contributed by atoms with E-state index in [-0.39, 0.29) is 10.8 Å². The van der Waals surface area contributed by atoms with Crippen LogP contribution in [0.3, 0.4) is 0 Å². The van der Waals surface area contributed by atoms with Crippen molar-refractivity contribution in [2.45, 2.75) is 57.4 Å². The number of anilines is 1. The molecule has 0 spiro atoms. The van der Waals surface area contributed by atoms with Gasteiger partial charge in [-0.25, -0.2) is 0 Å². The molecule has 3 aromatic rings. The van der Waals surface area contributed by atoms with Crippen molar-refractivity contribution in [3.63, 3.8) is 0 Å². The molecule has 1 aliphatic carbocycles. The molecular formula is C28H33N. The molecule has 1 N–H and O–H groups in total. The van der Waals surface area contributed by atoms with E-state index in [1.165, 1.54) is 35.2 Å². The first kappa shape index (κ1) is 19.8. The topological polar surface area (TPSA) is 12.0 Å². The van der Waals surface area contributed by atoms with Gasteiger partial charge in [0.2, 0.25) is 0 Å². The van der Waals surface area contributed by atoms with Gasteiger partial charge in [-0.05, 0) is 53.0 Å². The molecule has 1 fully saturated rings. The van der Waals surface area contributed by atoms with Gasteiger partial charge in [0.1, 0.15) is 0 Å².